The topological polar surface area (TPSA) is 54.6 Å². The summed E-state index contributed by atoms with van der Waals surface area (Å²) >= 11 is 0. The molecule has 6 nitrogen and oxygen atoms in total. The van der Waals surface area contributed by atoms with Crippen molar-refractivity contribution in [3.05, 3.63) is 11.7 Å². The number of piperidine rings is 1. The maximum Gasteiger partial charge on any atom is 0.226 e. The average molecular weight is 308 g/mol. The highest BCUT2D eigenvalue weighted by molar-refractivity contribution is 4.89. The molecule has 3 rings (SSSR count). The molecule has 0 radical (unpaired) electrons. The van der Waals surface area contributed by atoms with E-state index >= 15 is 0 Å². The summed E-state index contributed by atoms with van der Waals surface area (Å²) in [7, 11) is 0. The molecular formula is C16H28N4O2. The van der Waals surface area contributed by atoms with Crippen LogP contribution in [0.25, 0.3) is 0 Å². The maximum atomic E-state index is 5.45. The van der Waals surface area contributed by atoms with Gasteiger partial charge in [-0.15, -0.1) is 0 Å². The van der Waals surface area contributed by atoms with E-state index in [1.165, 1.54) is 38.9 Å². The van der Waals surface area contributed by atoms with Crippen molar-refractivity contribution in [3.8, 4) is 0 Å². The van der Waals surface area contributed by atoms with Crippen LogP contribution in [-0.2, 0) is 17.7 Å². The lowest BCUT2D eigenvalue weighted by Crippen LogP contribution is -2.36. The number of nitrogens with zero attached hydrogens (tertiary/aromatic N) is 4. The van der Waals surface area contributed by atoms with E-state index in [0.717, 1.165) is 51.0 Å². The summed E-state index contributed by atoms with van der Waals surface area (Å²) in [5, 5.41) is 4.14. The molecule has 22 heavy (non-hydrogen) atoms. The predicted molar refractivity (Wildman–Crippen MR) is 83.6 cm³/mol. The summed E-state index contributed by atoms with van der Waals surface area (Å²) in [5.74, 6) is 2.34. The lowest BCUT2D eigenvalue weighted by Gasteiger charge is -2.30. The summed E-state index contributed by atoms with van der Waals surface area (Å²) in [6.45, 7) is 10.2. The number of rotatable bonds is 6. The van der Waals surface area contributed by atoms with Crippen LogP contribution in [0, 0.1) is 5.92 Å². The zero-order chi connectivity index (χ0) is 15.2. The first kappa shape index (κ1) is 15.9. The molecule has 0 bridgehead atoms. The van der Waals surface area contributed by atoms with Crippen LogP contribution < -0.4 is 0 Å². The molecule has 124 valence electrons. The Morgan fingerprint density at radius 3 is 2.59 bits per heavy atom. The van der Waals surface area contributed by atoms with Crippen molar-refractivity contribution in [3.63, 3.8) is 0 Å². The van der Waals surface area contributed by atoms with Crippen molar-refractivity contribution >= 4 is 0 Å². The van der Waals surface area contributed by atoms with Crippen molar-refractivity contribution in [1.29, 1.82) is 0 Å². The van der Waals surface area contributed by atoms with Crippen LogP contribution in [0.1, 0.15) is 37.9 Å². The summed E-state index contributed by atoms with van der Waals surface area (Å²) in [6, 6.07) is 0. The molecule has 0 amide bonds. The molecular weight excluding hydrogens is 280 g/mol. The fourth-order valence-electron chi connectivity index (χ4n) is 3.37. The van der Waals surface area contributed by atoms with Gasteiger partial charge in [0.25, 0.3) is 0 Å². The van der Waals surface area contributed by atoms with E-state index in [-0.39, 0.29) is 0 Å². The van der Waals surface area contributed by atoms with Gasteiger partial charge in [0.2, 0.25) is 5.89 Å². The Balaban J connectivity index is 1.43. The van der Waals surface area contributed by atoms with Gasteiger partial charge in [-0.3, -0.25) is 4.90 Å². The Morgan fingerprint density at radius 2 is 1.86 bits per heavy atom. The Labute approximate surface area is 132 Å². The van der Waals surface area contributed by atoms with Gasteiger partial charge in [0.05, 0.1) is 19.8 Å². The van der Waals surface area contributed by atoms with Gasteiger partial charge in [0, 0.05) is 19.5 Å². The van der Waals surface area contributed by atoms with Gasteiger partial charge in [-0.2, -0.15) is 4.98 Å². The Bertz CT molecular complexity index is 437. The molecule has 0 aliphatic carbocycles. The number of hydrogen-bond donors (Lipinski definition) is 0. The number of ether oxygens (including phenoxy) is 1. The first-order valence-corrected chi connectivity index (χ1v) is 8.67. The van der Waals surface area contributed by atoms with Crippen LogP contribution in [0.4, 0.5) is 0 Å². The minimum Gasteiger partial charge on any atom is -0.379 e. The first-order chi connectivity index (χ1) is 10.8. The van der Waals surface area contributed by atoms with Gasteiger partial charge in [-0.05, 0) is 44.8 Å². The van der Waals surface area contributed by atoms with Crippen molar-refractivity contribution < 1.29 is 9.26 Å². The van der Waals surface area contributed by atoms with Gasteiger partial charge in [-0.25, -0.2) is 0 Å². The molecule has 1 aromatic rings. The van der Waals surface area contributed by atoms with E-state index in [9.17, 15) is 0 Å². The second-order valence-electron chi connectivity index (χ2n) is 6.48. The zero-order valence-corrected chi connectivity index (χ0v) is 13.7. The van der Waals surface area contributed by atoms with Crippen molar-refractivity contribution in [1.82, 2.24) is 19.9 Å². The normalized spacial score (nSPS) is 22.2. The molecule has 2 fully saturated rings. The van der Waals surface area contributed by atoms with Gasteiger partial charge in [-0.1, -0.05) is 12.1 Å². The monoisotopic (exact) mass is 308 g/mol. The molecule has 2 saturated heterocycles. The van der Waals surface area contributed by atoms with E-state index in [4.69, 9.17) is 9.26 Å². The van der Waals surface area contributed by atoms with Crippen LogP contribution in [-0.4, -0.2) is 65.9 Å². The third-order valence-corrected chi connectivity index (χ3v) is 4.69. The third kappa shape index (κ3) is 4.51. The highest BCUT2D eigenvalue weighted by Gasteiger charge is 2.21. The van der Waals surface area contributed by atoms with Crippen molar-refractivity contribution in [2.75, 3.05) is 45.9 Å². The van der Waals surface area contributed by atoms with Gasteiger partial charge in [0.1, 0.15) is 0 Å². The van der Waals surface area contributed by atoms with Gasteiger partial charge in [0.15, 0.2) is 5.82 Å². The Morgan fingerprint density at radius 1 is 1.09 bits per heavy atom. The lowest BCUT2D eigenvalue weighted by atomic mass is 9.93. The average Bonchev–Trinajstić information content (AvgIpc) is 2.98. The molecule has 0 saturated carbocycles. The summed E-state index contributed by atoms with van der Waals surface area (Å²) in [4.78, 5) is 9.46. The number of aromatic nitrogens is 2. The maximum absolute atomic E-state index is 5.45. The Kier molecular flexibility index (Phi) is 5.81. The minimum absolute atomic E-state index is 0.699. The molecule has 2 aliphatic rings. The molecule has 0 N–H and O–H groups in total. The molecule has 2 aliphatic heterocycles. The van der Waals surface area contributed by atoms with E-state index < -0.39 is 0 Å². The van der Waals surface area contributed by atoms with Crippen LogP contribution in [0.3, 0.4) is 0 Å². The molecule has 1 aromatic heterocycles. The largest absolute Gasteiger partial charge is 0.379 e. The fraction of sp³-hybridized carbons (Fsp3) is 0.875. The van der Waals surface area contributed by atoms with E-state index in [1.807, 2.05) is 0 Å². The second-order valence-corrected chi connectivity index (χ2v) is 6.48. The van der Waals surface area contributed by atoms with Gasteiger partial charge < -0.3 is 14.2 Å². The number of likely N-dealkylation sites (tertiary alicyclic amines) is 1. The number of hydrogen-bond acceptors (Lipinski definition) is 6. The molecule has 6 heteroatoms. The smallest absolute Gasteiger partial charge is 0.226 e. The van der Waals surface area contributed by atoms with Crippen molar-refractivity contribution in [2.24, 2.45) is 5.92 Å². The van der Waals surface area contributed by atoms with Crippen LogP contribution in [0.15, 0.2) is 4.52 Å². The van der Waals surface area contributed by atoms with E-state index in [0.29, 0.717) is 5.92 Å². The summed E-state index contributed by atoms with van der Waals surface area (Å²) in [5.41, 5.74) is 0. The second kappa shape index (κ2) is 8.04. The molecule has 0 atom stereocenters. The molecule has 3 heterocycles. The number of morpholine rings is 1. The predicted octanol–water partition coefficient (Wildman–Crippen LogP) is 1.57. The molecule has 0 aromatic carbocycles. The van der Waals surface area contributed by atoms with Crippen molar-refractivity contribution in [2.45, 2.75) is 39.2 Å². The fourth-order valence-corrected chi connectivity index (χ4v) is 3.37. The third-order valence-electron chi connectivity index (χ3n) is 4.69. The quantitative estimate of drug-likeness (QED) is 0.795. The van der Waals surface area contributed by atoms with Crippen LogP contribution in [0.2, 0.25) is 0 Å². The Hall–Kier alpha value is -0.980. The van der Waals surface area contributed by atoms with E-state index in [1.54, 1.807) is 0 Å². The van der Waals surface area contributed by atoms with Gasteiger partial charge >= 0.3 is 0 Å². The highest BCUT2D eigenvalue weighted by atomic mass is 16.5. The molecule has 0 unspecified atom stereocenters. The lowest BCUT2D eigenvalue weighted by molar-refractivity contribution is 0.0327. The standard InChI is InChI=1S/C16H28N4O2/c1-2-5-19-6-3-14(4-7-19)12-16-17-15(18-22-16)13-20-8-10-21-11-9-20/h14H,2-13H2,1H3. The minimum atomic E-state index is 0.699. The first-order valence-electron chi connectivity index (χ1n) is 8.67. The highest BCUT2D eigenvalue weighted by Crippen LogP contribution is 2.21. The van der Waals surface area contributed by atoms with E-state index in [2.05, 4.69) is 26.9 Å². The summed E-state index contributed by atoms with van der Waals surface area (Å²) in [6.07, 6.45) is 4.69. The van der Waals surface area contributed by atoms with Crippen LogP contribution >= 0.6 is 0 Å². The molecule has 0 spiro atoms. The SMILES string of the molecule is CCCN1CCC(Cc2nc(CN3CCOCC3)no2)CC1. The summed E-state index contributed by atoms with van der Waals surface area (Å²) < 4.78 is 10.8. The van der Waals surface area contributed by atoms with Crippen LogP contribution in [0.5, 0.6) is 0 Å². The zero-order valence-electron chi connectivity index (χ0n) is 13.7.